The van der Waals surface area contributed by atoms with Crippen LogP contribution in [0, 0.1) is 18.8 Å². The smallest absolute Gasteiger partial charge is 0.238 e. The van der Waals surface area contributed by atoms with Gasteiger partial charge in [0.15, 0.2) is 0 Å². The van der Waals surface area contributed by atoms with Gasteiger partial charge in [0, 0.05) is 17.9 Å². The molecule has 0 aromatic heterocycles. The van der Waals surface area contributed by atoms with Crippen LogP contribution in [0.3, 0.4) is 0 Å². The van der Waals surface area contributed by atoms with Gasteiger partial charge in [-0.25, -0.2) is 0 Å². The van der Waals surface area contributed by atoms with Gasteiger partial charge in [-0.3, -0.25) is 9.69 Å². The predicted molar refractivity (Wildman–Crippen MR) is 83.6 cm³/mol. The molecule has 1 aliphatic rings. The zero-order chi connectivity index (χ0) is 14.7. The molecule has 1 heterocycles. The quantitative estimate of drug-likeness (QED) is 0.833. The maximum Gasteiger partial charge on any atom is 0.238 e. The van der Waals surface area contributed by atoms with E-state index in [2.05, 4.69) is 24.1 Å². The number of carbonyl (C=O) groups excluding carboxylic acids is 1. The molecule has 1 fully saturated rings. The number of nitrogens with one attached hydrogen (secondary N) is 1. The number of piperidine rings is 1. The molecule has 1 aromatic carbocycles. The third kappa shape index (κ3) is 3.51. The first kappa shape index (κ1) is 14.9. The van der Waals surface area contributed by atoms with Crippen molar-refractivity contribution in [1.82, 2.24) is 4.90 Å². The molecule has 1 aromatic rings. The molecule has 1 saturated heterocycles. The number of carbonyl (C=O) groups is 1. The summed E-state index contributed by atoms with van der Waals surface area (Å²) < 4.78 is 0. The molecule has 110 valence electrons. The van der Waals surface area contributed by atoms with Crippen LogP contribution in [-0.4, -0.2) is 30.4 Å². The Balaban J connectivity index is 1.91. The van der Waals surface area contributed by atoms with Crippen molar-refractivity contribution in [1.29, 1.82) is 0 Å². The van der Waals surface area contributed by atoms with E-state index >= 15 is 0 Å². The van der Waals surface area contributed by atoms with Crippen molar-refractivity contribution in [2.24, 2.45) is 11.8 Å². The van der Waals surface area contributed by atoms with Crippen LogP contribution in [0.4, 0.5) is 11.4 Å². The summed E-state index contributed by atoms with van der Waals surface area (Å²) in [6.45, 7) is 8.95. The highest BCUT2D eigenvalue weighted by atomic mass is 16.2. The van der Waals surface area contributed by atoms with Gasteiger partial charge in [0.05, 0.1) is 6.54 Å². The summed E-state index contributed by atoms with van der Waals surface area (Å²) in [7, 11) is 0. The Morgan fingerprint density at radius 2 is 2.15 bits per heavy atom. The Hall–Kier alpha value is -1.55. The number of benzene rings is 1. The lowest BCUT2D eigenvalue weighted by atomic mass is 9.89. The maximum absolute atomic E-state index is 12.1. The summed E-state index contributed by atoms with van der Waals surface area (Å²) in [4.78, 5) is 14.4. The lowest BCUT2D eigenvalue weighted by Crippen LogP contribution is -2.42. The molecule has 0 aliphatic carbocycles. The summed E-state index contributed by atoms with van der Waals surface area (Å²) in [6, 6.07) is 5.60. The third-order valence-corrected chi connectivity index (χ3v) is 4.44. The van der Waals surface area contributed by atoms with Crippen molar-refractivity contribution in [2.45, 2.75) is 27.2 Å². The zero-order valence-corrected chi connectivity index (χ0v) is 12.6. The van der Waals surface area contributed by atoms with Crippen LogP contribution in [-0.2, 0) is 4.79 Å². The van der Waals surface area contributed by atoms with E-state index in [1.165, 1.54) is 6.42 Å². The first-order chi connectivity index (χ1) is 9.47. The molecule has 4 nitrogen and oxygen atoms in total. The SMILES string of the molecule is Cc1c(N)cccc1NC(=O)CN1CCC(C)C(C)C1. The average Bonchev–Trinajstić information content (AvgIpc) is 2.39. The van der Waals surface area contributed by atoms with E-state index in [0.717, 1.165) is 30.3 Å². The largest absolute Gasteiger partial charge is 0.398 e. The molecule has 1 amide bonds. The van der Waals surface area contributed by atoms with Gasteiger partial charge in [0.1, 0.15) is 0 Å². The van der Waals surface area contributed by atoms with E-state index in [-0.39, 0.29) is 5.91 Å². The minimum atomic E-state index is 0.0421. The molecule has 0 spiro atoms. The highest BCUT2D eigenvalue weighted by Gasteiger charge is 2.23. The van der Waals surface area contributed by atoms with Gasteiger partial charge in [0.2, 0.25) is 5.91 Å². The van der Waals surface area contributed by atoms with Crippen LogP contribution in [0.15, 0.2) is 18.2 Å². The van der Waals surface area contributed by atoms with E-state index in [0.29, 0.717) is 18.2 Å². The van der Waals surface area contributed by atoms with Gasteiger partial charge >= 0.3 is 0 Å². The number of nitrogens with two attached hydrogens (primary N) is 1. The van der Waals surface area contributed by atoms with Crippen molar-refractivity contribution in [3.63, 3.8) is 0 Å². The van der Waals surface area contributed by atoms with Crippen LogP contribution in [0.1, 0.15) is 25.8 Å². The Bertz CT molecular complexity index is 487. The first-order valence-electron chi connectivity index (χ1n) is 7.34. The molecule has 4 heteroatoms. The number of rotatable bonds is 3. The molecule has 0 saturated carbocycles. The summed E-state index contributed by atoms with van der Waals surface area (Å²) in [5.41, 5.74) is 8.31. The fourth-order valence-corrected chi connectivity index (χ4v) is 2.67. The van der Waals surface area contributed by atoms with Crippen LogP contribution >= 0.6 is 0 Å². The number of hydrogen-bond donors (Lipinski definition) is 2. The number of amides is 1. The standard InChI is InChI=1S/C16H25N3O/c1-11-7-8-19(9-12(11)2)10-16(20)18-15-6-4-5-14(17)13(15)3/h4-6,11-12H,7-10,17H2,1-3H3,(H,18,20). The molecule has 3 N–H and O–H groups in total. The maximum atomic E-state index is 12.1. The predicted octanol–water partition coefficient (Wildman–Crippen LogP) is 2.49. The molecule has 2 unspecified atom stereocenters. The van der Waals surface area contributed by atoms with Crippen LogP contribution < -0.4 is 11.1 Å². The second-order valence-electron chi connectivity index (χ2n) is 6.05. The van der Waals surface area contributed by atoms with Crippen LogP contribution in [0.25, 0.3) is 0 Å². The fraction of sp³-hybridized carbons (Fsp3) is 0.562. The van der Waals surface area contributed by atoms with Crippen molar-refractivity contribution >= 4 is 17.3 Å². The Morgan fingerprint density at radius 3 is 2.85 bits per heavy atom. The van der Waals surface area contributed by atoms with Crippen molar-refractivity contribution in [2.75, 3.05) is 30.7 Å². The van der Waals surface area contributed by atoms with Gasteiger partial charge in [-0.05, 0) is 49.4 Å². The minimum Gasteiger partial charge on any atom is -0.398 e. The van der Waals surface area contributed by atoms with Crippen molar-refractivity contribution in [3.05, 3.63) is 23.8 Å². The Kier molecular flexibility index (Phi) is 4.65. The van der Waals surface area contributed by atoms with Gasteiger partial charge < -0.3 is 11.1 Å². The highest BCUT2D eigenvalue weighted by Crippen LogP contribution is 2.23. The summed E-state index contributed by atoms with van der Waals surface area (Å²) >= 11 is 0. The third-order valence-electron chi connectivity index (χ3n) is 4.44. The van der Waals surface area contributed by atoms with E-state index in [4.69, 9.17) is 5.73 Å². The summed E-state index contributed by atoms with van der Waals surface area (Å²) in [5, 5.41) is 2.96. The lowest BCUT2D eigenvalue weighted by Gasteiger charge is -2.34. The molecular weight excluding hydrogens is 250 g/mol. The number of hydrogen-bond acceptors (Lipinski definition) is 3. The molecule has 0 radical (unpaired) electrons. The number of anilines is 2. The van der Waals surface area contributed by atoms with Gasteiger partial charge in [-0.2, -0.15) is 0 Å². The fourth-order valence-electron chi connectivity index (χ4n) is 2.67. The van der Waals surface area contributed by atoms with Crippen LogP contribution in [0.2, 0.25) is 0 Å². The summed E-state index contributed by atoms with van der Waals surface area (Å²) in [5.74, 6) is 1.46. The molecule has 1 aliphatic heterocycles. The highest BCUT2D eigenvalue weighted by molar-refractivity contribution is 5.93. The second-order valence-corrected chi connectivity index (χ2v) is 6.05. The zero-order valence-electron chi connectivity index (χ0n) is 12.6. The Morgan fingerprint density at radius 1 is 1.40 bits per heavy atom. The molecule has 2 atom stereocenters. The summed E-state index contributed by atoms with van der Waals surface area (Å²) in [6.07, 6.45) is 1.17. The van der Waals surface area contributed by atoms with Crippen molar-refractivity contribution in [3.8, 4) is 0 Å². The van der Waals surface area contributed by atoms with Crippen molar-refractivity contribution < 1.29 is 4.79 Å². The van der Waals surface area contributed by atoms with E-state index < -0.39 is 0 Å². The normalized spacial score (nSPS) is 23.6. The number of nitrogens with zero attached hydrogens (tertiary/aromatic N) is 1. The van der Waals surface area contributed by atoms with Gasteiger partial charge in [-0.15, -0.1) is 0 Å². The number of likely N-dealkylation sites (tertiary alicyclic amines) is 1. The van der Waals surface area contributed by atoms with E-state index in [1.54, 1.807) is 0 Å². The molecule has 0 bridgehead atoms. The topological polar surface area (TPSA) is 58.4 Å². The minimum absolute atomic E-state index is 0.0421. The van der Waals surface area contributed by atoms with Gasteiger partial charge in [-0.1, -0.05) is 19.9 Å². The van der Waals surface area contributed by atoms with E-state index in [1.807, 2.05) is 25.1 Å². The Labute approximate surface area is 121 Å². The lowest BCUT2D eigenvalue weighted by molar-refractivity contribution is -0.117. The molecular formula is C16H25N3O. The molecule has 2 rings (SSSR count). The first-order valence-corrected chi connectivity index (χ1v) is 7.34. The van der Waals surface area contributed by atoms with Crippen LogP contribution in [0.5, 0.6) is 0 Å². The number of nitrogen functional groups attached to an aromatic ring is 1. The monoisotopic (exact) mass is 275 g/mol. The van der Waals surface area contributed by atoms with Gasteiger partial charge in [0.25, 0.3) is 0 Å². The second kappa shape index (κ2) is 6.27. The average molecular weight is 275 g/mol. The van der Waals surface area contributed by atoms with E-state index in [9.17, 15) is 4.79 Å². The molecule has 20 heavy (non-hydrogen) atoms.